The van der Waals surface area contributed by atoms with E-state index in [1.165, 1.54) is 13.1 Å². The first-order valence-electron chi connectivity index (χ1n) is 5.88. The standard InChI is InChI=1S/C13H13BrClN3O2S/c1-17-21(19,20)13-7-9(16)3-5-11(13)18-12-6-8(14)2-4-10(12)15/h2-7,17-18H,16H2,1H3. The van der Waals surface area contributed by atoms with E-state index in [0.717, 1.165) is 4.47 Å². The summed E-state index contributed by atoms with van der Waals surface area (Å²) in [5.74, 6) is 0. The summed E-state index contributed by atoms with van der Waals surface area (Å²) in [5, 5.41) is 3.49. The van der Waals surface area contributed by atoms with E-state index in [1.807, 2.05) is 0 Å². The minimum absolute atomic E-state index is 0.0565. The van der Waals surface area contributed by atoms with E-state index >= 15 is 0 Å². The summed E-state index contributed by atoms with van der Waals surface area (Å²) in [6, 6.07) is 9.85. The van der Waals surface area contributed by atoms with Crippen LogP contribution in [0.2, 0.25) is 5.02 Å². The SMILES string of the molecule is CNS(=O)(=O)c1cc(N)ccc1Nc1cc(Br)ccc1Cl. The van der Waals surface area contributed by atoms with Crippen LogP contribution in [0.3, 0.4) is 0 Å². The summed E-state index contributed by atoms with van der Waals surface area (Å²) in [6.45, 7) is 0. The van der Waals surface area contributed by atoms with Crippen LogP contribution in [-0.2, 0) is 10.0 Å². The van der Waals surface area contributed by atoms with Crippen LogP contribution in [0, 0.1) is 0 Å². The molecule has 0 aliphatic heterocycles. The Morgan fingerprint density at radius 1 is 1.14 bits per heavy atom. The quantitative estimate of drug-likeness (QED) is 0.699. The molecular weight excluding hydrogens is 378 g/mol. The Hall–Kier alpha value is -1.28. The molecule has 0 heterocycles. The number of nitrogens with two attached hydrogens (primary N) is 1. The predicted molar refractivity (Wildman–Crippen MR) is 89.5 cm³/mol. The van der Waals surface area contributed by atoms with E-state index in [4.69, 9.17) is 17.3 Å². The van der Waals surface area contributed by atoms with Crippen molar-refractivity contribution >= 4 is 54.6 Å². The smallest absolute Gasteiger partial charge is 0.242 e. The van der Waals surface area contributed by atoms with Crippen molar-refractivity contribution in [2.75, 3.05) is 18.1 Å². The maximum atomic E-state index is 12.1. The molecule has 0 aromatic heterocycles. The van der Waals surface area contributed by atoms with Crippen LogP contribution >= 0.6 is 27.5 Å². The van der Waals surface area contributed by atoms with Gasteiger partial charge in [-0.3, -0.25) is 0 Å². The van der Waals surface area contributed by atoms with Crippen LogP contribution < -0.4 is 15.8 Å². The second-order valence-corrected chi connectivity index (χ2v) is 7.39. The summed E-state index contributed by atoms with van der Waals surface area (Å²) in [7, 11) is -2.30. The summed E-state index contributed by atoms with van der Waals surface area (Å²) >= 11 is 9.45. The van der Waals surface area contributed by atoms with Crippen LogP contribution in [0.4, 0.5) is 17.1 Å². The molecule has 0 saturated carbocycles. The summed E-state index contributed by atoms with van der Waals surface area (Å²) in [4.78, 5) is 0.0565. The number of hydrogen-bond donors (Lipinski definition) is 3. The Morgan fingerprint density at radius 3 is 2.52 bits per heavy atom. The molecule has 0 aliphatic rings. The maximum absolute atomic E-state index is 12.1. The molecule has 0 bridgehead atoms. The van der Waals surface area contributed by atoms with Crippen LogP contribution in [-0.4, -0.2) is 15.5 Å². The second-order valence-electron chi connectivity index (χ2n) is 4.21. The molecule has 0 unspecified atom stereocenters. The van der Waals surface area contributed by atoms with Gasteiger partial charge < -0.3 is 11.1 Å². The van der Waals surface area contributed by atoms with E-state index in [0.29, 0.717) is 22.1 Å². The molecule has 2 rings (SSSR count). The zero-order valence-electron chi connectivity index (χ0n) is 11.0. The van der Waals surface area contributed by atoms with Crippen molar-refractivity contribution in [1.29, 1.82) is 0 Å². The van der Waals surface area contributed by atoms with Gasteiger partial charge in [-0.05, 0) is 43.4 Å². The van der Waals surface area contributed by atoms with Crippen molar-refractivity contribution in [2.24, 2.45) is 0 Å². The van der Waals surface area contributed by atoms with Gasteiger partial charge >= 0.3 is 0 Å². The molecule has 112 valence electrons. The fourth-order valence-corrected chi connectivity index (χ4v) is 3.16. The van der Waals surface area contributed by atoms with Gasteiger partial charge in [-0.15, -0.1) is 0 Å². The first-order chi connectivity index (χ1) is 9.83. The number of nitrogens with one attached hydrogen (secondary N) is 2. The molecule has 0 fully saturated rings. The van der Waals surface area contributed by atoms with Crippen molar-refractivity contribution in [3.05, 3.63) is 45.9 Å². The Labute approximate surface area is 136 Å². The van der Waals surface area contributed by atoms with Gasteiger partial charge in [0.25, 0.3) is 0 Å². The van der Waals surface area contributed by atoms with Crippen molar-refractivity contribution in [2.45, 2.75) is 4.90 Å². The Balaban J connectivity index is 2.52. The lowest BCUT2D eigenvalue weighted by atomic mass is 10.2. The molecule has 2 aromatic carbocycles. The summed E-state index contributed by atoms with van der Waals surface area (Å²) in [6.07, 6.45) is 0. The van der Waals surface area contributed by atoms with E-state index in [2.05, 4.69) is 26.0 Å². The van der Waals surface area contributed by atoms with Crippen LogP contribution in [0.25, 0.3) is 0 Å². The highest BCUT2D eigenvalue weighted by molar-refractivity contribution is 9.10. The van der Waals surface area contributed by atoms with Gasteiger partial charge in [-0.25, -0.2) is 13.1 Å². The molecule has 8 heteroatoms. The third-order valence-corrected chi connectivity index (χ3v) is 5.04. The molecule has 0 aliphatic carbocycles. The van der Waals surface area contributed by atoms with Gasteiger partial charge in [0.15, 0.2) is 0 Å². The van der Waals surface area contributed by atoms with Crippen molar-refractivity contribution in [3.8, 4) is 0 Å². The van der Waals surface area contributed by atoms with Gasteiger partial charge in [0.05, 0.1) is 16.4 Å². The Morgan fingerprint density at radius 2 is 1.86 bits per heavy atom. The molecule has 2 aromatic rings. The Bertz CT molecular complexity index is 781. The number of hydrogen-bond acceptors (Lipinski definition) is 4. The van der Waals surface area contributed by atoms with Crippen LogP contribution in [0.15, 0.2) is 45.8 Å². The molecule has 4 N–H and O–H groups in total. The molecule has 0 atom stereocenters. The van der Waals surface area contributed by atoms with Gasteiger partial charge in [-0.1, -0.05) is 27.5 Å². The topological polar surface area (TPSA) is 84.2 Å². The average molecular weight is 391 g/mol. The van der Waals surface area contributed by atoms with Gasteiger partial charge in [0.1, 0.15) is 4.90 Å². The molecule has 0 radical (unpaired) electrons. The van der Waals surface area contributed by atoms with Crippen molar-refractivity contribution in [3.63, 3.8) is 0 Å². The third kappa shape index (κ3) is 3.68. The zero-order valence-corrected chi connectivity index (χ0v) is 14.2. The highest BCUT2D eigenvalue weighted by Crippen LogP contribution is 2.32. The summed E-state index contributed by atoms with van der Waals surface area (Å²) in [5.41, 5.74) is 7.00. The van der Waals surface area contributed by atoms with Gasteiger partial charge in [-0.2, -0.15) is 0 Å². The van der Waals surface area contributed by atoms with Crippen LogP contribution in [0.5, 0.6) is 0 Å². The lowest BCUT2D eigenvalue weighted by Crippen LogP contribution is -2.20. The largest absolute Gasteiger partial charge is 0.399 e. The minimum atomic E-state index is -3.64. The predicted octanol–water partition coefficient (Wildman–Crippen LogP) is 3.34. The minimum Gasteiger partial charge on any atom is -0.399 e. The normalized spacial score (nSPS) is 11.4. The highest BCUT2D eigenvalue weighted by atomic mass is 79.9. The molecule has 0 spiro atoms. The third-order valence-electron chi connectivity index (χ3n) is 2.76. The van der Waals surface area contributed by atoms with Gasteiger partial charge in [0.2, 0.25) is 10.0 Å². The second kappa shape index (κ2) is 6.23. The molecular formula is C13H13BrClN3O2S. The average Bonchev–Trinajstić information content (AvgIpc) is 2.44. The maximum Gasteiger partial charge on any atom is 0.242 e. The molecule has 0 saturated heterocycles. The zero-order chi connectivity index (χ0) is 15.6. The van der Waals surface area contributed by atoms with Crippen LogP contribution in [0.1, 0.15) is 0 Å². The van der Waals surface area contributed by atoms with E-state index in [1.54, 1.807) is 30.3 Å². The number of halogens is 2. The number of rotatable bonds is 4. The summed E-state index contributed by atoms with van der Waals surface area (Å²) < 4.78 is 27.2. The van der Waals surface area contributed by atoms with E-state index < -0.39 is 10.0 Å². The lowest BCUT2D eigenvalue weighted by Gasteiger charge is -2.14. The fourth-order valence-electron chi connectivity index (χ4n) is 1.71. The number of benzene rings is 2. The first kappa shape index (κ1) is 16.1. The molecule has 21 heavy (non-hydrogen) atoms. The number of nitrogen functional groups attached to an aromatic ring is 1. The highest BCUT2D eigenvalue weighted by Gasteiger charge is 2.18. The monoisotopic (exact) mass is 389 g/mol. The molecule has 5 nitrogen and oxygen atoms in total. The Kier molecular flexibility index (Phi) is 4.77. The molecule has 0 amide bonds. The van der Waals surface area contributed by atoms with Crippen molar-refractivity contribution in [1.82, 2.24) is 4.72 Å². The lowest BCUT2D eigenvalue weighted by molar-refractivity contribution is 0.588. The fraction of sp³-hybridized carbons (Fsp3) is 0.0769. The number of anilines is 3. The van der Waals surface area contributed by atoms with E-state index in [9.17, 15) is 8.42 Å². The first-order valence-corrected chi connectivity index (χ1v) is 8.54. The van der Waals surface area contributed by atoms with Crippen molar-refractivity contribution < 1.29 is 8.42 Å². The number of sulfonamides is 1. The van der Waals surface area contributed by atoms with E-state index in [-0.39, 0.29) is 4.90 Å². The van der Waals surface area contributed by atoms with Gasteiger partial charge in [0, 0.05) is 10.2 Å².